The van der Waals surface area contributed by atoms with Crippen molar-refractivity contribution in [2.45, 2.75) is 39.9 Å². The fourth-order valence-electron chi connectivity index (χ4n) is 3.25. The zero-order valence-electron chi connectivity index (χ0n) is 20.1. The van der Waals surface area contributed by atoms with Gasteiger partial charge in [0, 0.05) is 17.1 Å². The molecule has 3 aromatic carbocycles. The van der Waals surface area contributed by atoms with Crippen LogP contribution in [0.2, 0.25) is 0 Å². The molecule has 0 heterocycles. The fourth-order valence-corrected chi connectivity index (χ4v) is 3.25. The molecule has 3 aromatic rings. The number of ether oxygens (including phenoxy) is 4. The predicted molar refractivity (Wildman–Crippen MR) is 134 cm³/mol. The van der Waals surface area contributed by atoms with E-state index < -0.39 is 12.3 Å². The van der Waals surface area contributed by atoms with Crippen LogP contribution in [-0.4, -0.2) is 25.5 Å². The summed E-state index contributed by atoms with van der Waals surface area (Å²) in [6.45, 7) is 4.83. The lowest BCUT2D eigenvalue weighted by atomic mass is 10.1. The first-order chi connectivity index (χ1) is 17.1. The molecular weight excluding hydrogens is 446 g/mol. The number of hydrogen-bond acceptors (Lipinski definition) is 7. The number of anilines is 3. The van der Waals surface area contributed by atoms with Crippen LogP contribution in [0.1, 0.15) is 37.8 Å². The highest BCUT2D eigenvalue weighted by atomic mass is 16.7. The lowest BCUT2D eigenvalue weighted by Crippen LogP contribution is -2.11. The third-order valence-electron chi connectivity index (χ3n) is 4.96. The zero-order chi connectivity index (χ0) is 24.9. The maximum atomic E-state index is 11.6. The van der Waals surface area contributed by atoms with E-state index in [1.165, 1.54) is 0 Å². The van der Waals surface area contributed by atoms with Crippen LogP contribution in [0.5, 0.6) is 0 Å². The largest absolute Gasteiger partial charge is 0.508 e. The molecule has 0 bridgehead atoms. The lowest BCUT2D eigenvalue weighted by molar-refractivity contribution is 0.0491. The predicted octanol–water partition coefficient (Wildman–Crippen LogP) is 7.28. The van der Waals surface area contributed by atoms with Gasteiger partial charge in [0.05, 0.1) is 13.2 Å². The van der Waals surface area contributed by atoms with Gasteiger partial charge in [-0.15, -0.1) is 0 Å². The molecule has 7 nitrogen and oxygen atoms in total. The van der Waals surface area contributed by atoms with Gasteiger partial charge in [-0.25, -0.2) is 9.59 Å². The van der Waals surface area contributed by atoms with E-state index >= 15 is 0 Å². The molecule has 0 radical (unpaired) electrons. The average molecular weight is 478 g/mol. The summed E-state index contributed by atoms with van der Waals surface area (Å²) in [5, 5.41) is 0. The minimum Gasteiger partial charge on any atom is -0.434 e. The Balaban J connectivity index is 1.72. The second kappa shape index (κ2) is 13.6. The van der Waals surface area contributed by atoms with Crippen molar-refractivity contribution in [2.24, 2.45) is 0 Å². The average Bonchev–Trinajstić information content (AvgIpc) is 2.90. The summed E-state index contributed by atoms with van der Waals surface area (Å²) in [7, 11) is 0. The number of nitrogens with zero attached hydrogens (tertiary/aromatic N) is 1. The first-order valence-corrected chi connectivity index (χ1v) is 11.7. The van der Waals surface area contributed by atoms with Crippen LogP contribution in [0.25, 0.3) is 0 Å². The van der Waals surface area contributed by atoms with Gasteiger partial charge < -0.3 is 23.8 Å². The van der Waals surface area contributed by atoms with Crippen molar-refractivity contribution in [3.63, 3.8) is 0 Å². The van der Waals surface area contributed by atoms with Crippen LogP contribution in [0, 0.1) is 0 Å². The molecular formula is C28H31NO6. The molecule has 0 fully saturated rings. The number of hydrogen-bond donors (Lipinski definition) is 0. The highest BCUT2D eigenvalue weighted by Crippen LogP contribution is 2.34. The molecule has 0 unspecified atom stereocenters. The molecule has 3 rings (SSSR count). The molecule has 0 spiro atoms. The molecule has 0 atom stereocenters. The smallest absolute Gasteiger partial charge is 0.434 e. The van der Waals surface area contributed by atoms with Gasteiger partial charge in [0.15, 0.2) is 0 Å². The fraction of sp³-hybridized carbons (Fsp3) is 0.286. The van der Waals surface area contributed by atoms with Crippen molar-refractivity contribution < 1.29 is 28.5 Å². The Bertz CT molecular complexity index is 984. The van der Waals surface area contributed by atoms with E-state index in [4.69, 9.17) is 18.9 Å². The van der Waals surface area contributed by atoms with Crippen LogP contribution in [-0.2, 0) is 32.2 Å². The number of rotatable bonds is 11. The molecule has 0 aromatic heterocycles. The van der Waals surface area contributed by atoms with Gasteiger partial charge in [-0.3, -0.25) is 0 Å². The summed E-state index contributed by atoms with van der Waals surface area (Å²) in [6.07, 6.45) is 0.172. The number of benzene rings is 3. The van der Waals surface area contributed by atoms with Gasteiger partial charge in [-0.2, -0.15) is 0 Å². The normalized spacial score (nSPS) is 10.3. The summed E-state index contributed by atoms with van der Waals surface area (Å²) in [4.78, 5) is 25.3. The van der Waals surface area contributed by atoms with Gasteiger partial charge in [0.25, 0.3) is 0 Å². The highest BCUT2D eigenvalue weighted by molar-refractivity contribution is 5.76. The topological polar surface area (TPSA) is 74.3 Å². The first-order valence-electron chi connectivity index (χ1n) is 11.7. The Kier molecular flexibility index (Phi) is 9.99. The summed E-state index contributed by atoms with van der Waals surface area (Å²) < 4.78 is 20.2. The Morgan fingerprint density at radius 3 is 1.37 bits per heavy atom. The van der Waals surface area contributed by atoms with Crippen molar-refractivity contribution in [2.75, 3.05) is 18.1 Å². The minimum absolute atomic E-state index is 0.142. The monoisotopic (exact) mass is 477 g/mol. The zero-order valence-corrected chi connectivity index (χ0v) is 20.1. The molecule has 184 valence electrons. The van der Waals surface area contributed by atoms with Gasteiger partial charge in [-0.1, -0.05) is 56.3 Å². The van der Waals surface area contributed by atoms with E-state index in [1.54, 1.807) is 0 Å². The molecule has 0 amide bonds. The van der Waals surface area contributed by atoms with Crippen molar-refractivity contribution in [1.82, 2.24) is 0 Å². The summed E-state index contributed by atoms with van der Waals surface area (Å²) >= 11 is 0. The molecule has 0 saturated carbocycles. The third kappa shape index (κ3) is 8.07. The van der Waals surface area contributed by atoms with Crippen molar-refractivity contribution >= 4 is 29.4 Å². The maximum Gasteiger partial charge on any atom is 0.508 e. The van der Waals surface area contributed by atoms with Gasteiger partial charge >= 0.3 is 12.3 Å². The number of carbonyl (C=O) groups excluding carboxylic acids is 2. The molecule has 35 heavy (non-hydrogen) atoms. The van der Waals surface area contributed by atoms with Crippen molar-refractivity contribution in [3.8, 4) is 0 Å². The van der Waals surface area contributed by atoms with Crippen molar-refractivity contribution in [1.29, 1.82) is 0 Å². The van der Waals surface area contributed by atoms with Crippen molar-refractivity contribution in [3.05, 3.63) is 90.0 Å². The van der Waals surface area contributed by atoms with E-state index in [-0.39, 0.29) is 13.2 Å². The highest BCUT2D eigenvalue weighted by Gasteiger charge is 2.13. The molecule has 0 aliphatic rings. The Morgan fingerprint density at radius 2 is 0.971 bits per heavy atom. The lowest BCUT2D eigenvalue weighted by Gasteiger charge is -2.25. The maximum absolute atomic E-state index is 11.6. The Hall–Kier alpha value is -4.00. The molecule has 0 N–H and O–H groups in total. The van der Waals surface area contributed by atoms with Crippen LogP contribution in [0.3, 0.4) is 0 Å². The van der Waals surface area contributed by atoms with Crippen LogP contribution < -0.4 is 4.90 Å². The number of carbonyl (C=O) groups is 2. The SMILES string of the molecule is CCCOC(=O)OCc1ccc(N(c2ccccc2)c2ccc(COC(=O)OCCC)cc2)cc1. The van der Waals surface area contributed by atoms with Gasteiger partial charge in [0.2, 0.25) is 0 Å². The molecule has 0 aliphatic carbocycles. The van der Waals surface area contributed by atoms with E-state index in [1.807, 2.05) is 92.7 Å². The van der Waals surface area contributed by atoms with Crippen LogP contribution in [0.4, 0.5) is 26.7 Å². The van der Waals surface area contributed by atoms with Gasteiger partial charge in [0.1, 0.15) is 13.2 Å². The Labute approximate surface area is 206 Å². The number of para-hydroxylation sites is 1. The molecule has 7 heteroatoms. The minimum atomic E-state index is -0.662. The van der Waals surface area contributed by atoms with Gasteiger partial charge in [-0.05, 0) is 60.4 Å². The Morgan fingerprint density at radius 1 is 0.571 bits per heavy atom. The third-order valence-corrected chi connectivity index (χ3v) is 4.96. The quantitative estimate of drug-likeness (QED) is 0.269. The summed E-state index contributed by atoms with van der Waals surface area (Å²) in [5.41, 5.74) is 4.60. The second-order valence-corrected chi connectivity index (χ2v) is 7.78. The standard InChI is InChI=1S/C28H31NO6/c1-3-18-32-27(30)34-20-22-10-14-25(15-11-22)29(24-8-6-5-7-9-24)26-16-12-23(13-17-26)21-35-28(31)33-19-4-2/h5-17H,3-4,18-21H2,1-2H3. The first kappa shape index (κ1) is 25.6. The molecule has 0 saturated heterocycles. The summed E-state index contributed by atoms with van der Waals surface area (Å²) in [5.74, 6) is 0. The van der Waals surface area contributed by atoms with E-state index in [0.717, 1.165) is 41.0 Å². The second-order valence-electron chi connectivity index (χ2n) is 7.78. The van der Waals surface area contributed by atoms with E-state index in [2.05, 4.69) is 4.90 Å². The van der Waals surface area contributed by atoms with E-state index in [0.29, 0.717) is 13.2 Å². The molecule has 0 aliphatic heterocycles. The van der Waals surface area contributed by atoms with Crippen LogP contribution >= 0.6 is 0 Å². The van der Waals surface area contributed by atoms with E-state index in [9.17, 15) is 9.59 Å². The van der Waals surface area contributed by atoms with Crippen LogP contribution in [0.15, 0.2) is 78.9 Å². The summed E-state index contributed by atoms with van der Waals surface area (Å²) in [6, 6.07) is 25.6.